The number of hydrogen-bond acceptors (Lipinski definition) is 16. The molecule has 0 bridgehead atoms. The lowest BCUT2D eigenvalue weighted by molar-refractivity contribution is -0.213. The fourth-order valence-corrected chi connectivity index (χ4v) is 8.28. The highest BCUT2D eigenvalue weighted by Crippen LogP contribution is 2.51. The Morgan fingerprint density at radius 3 is 1.54 bits per heavy atom. The third kappa shape index (κ3) is 33.5. The number of rotatable bonds is 29. The van der Waals surface area contributed by atoms with Crippen LogP contribution in [0.1, 0.15) is 136 Å². The van der Waals surface area contributed by atoms with Gasteiger partial charge < -0.3 is 54.4 Å². The summed E-state index contributed by atoms with van der Waals surface area (Å²) in [6, 6.07) is 0. The molecule has 1 aliphatic rings. The highest BCUT2D eigenvalue weighted by molar-refractivity contribution is 8.17. The molecule has 1 saturated carbocycles. The molecule has 20 nitrogen and oxygen atoms in total. The number of ether oxygens (including phenoxy) is 2. The standard InChI is InChI=1S/C26H53O19P3.C15H10OS.9H2/c1-2-3-4-5-6-7-8-9-10-11-12-13-14-15-20(28)42-19(16-40-18-27)17-41-48(38,39)45-24-21(29)22(30)25(43-46(32,33)34)26(23(24)31)44-47(35,36)37;1-3-5-6-7-8-9-10-11-12-14-17-15(16)13-4-2;;;;;;;;;/h19,21-27,29-31H,2-18H2,1H3,(H,38,39)(H2,32,33,34)(H2,35,36,37);4,13H2,1-2H3;9*1H/t19-,21+,22?,23?,24?,25-,26+;;;;;;;;;;/m1........../s1. The number of carbonyl (C=O) groups is 2. The van der Waals surface area contributed by atoms with Crippen molar-refractivity contribution in [2.24, 2.45) is 0 Å². The quantitative estimate of drug-likeness (QED) is 0.0133. The zero-order valence-corrected chi connectivity index (χ0v) is 40.2. The van der Waals surface area contributed by atoms with Gasteiger partial charge in [0.2, 0.25) is 5.12 Å². The fraction of sp³-hybridized carbons (Fsp3) is 0.707. The van der Waals surface area contributed by atoms with Gasteiger partial charge in [-0.05, 0) is 72.4 Å². The number of phosphoric ester groups is 3. The van der Waals surface area contributed by atoms with Gasteiger partial charge in [-0.2, -0.15) is 0 Å². The number of esters is 1. The Balaban J connectivity index is -0.000000170. The first-order valence-electron chi connectivity index (χ1n) is 20.9. The van der Waals surface area contributed by atoms with E-state index in [2.05, 4.69) is 74.5 Å². The SMILES string of the molecule is CC#CC#CC#CC#CC#CSC(=O)CCC.CCCCCCCCCCCCCCCC(=O)O[C@H](COCO)COP(=O)(O)OC1C(O)[C@H](OP(=O)(O)O)[C@H](OP(=O)(O)O)C(O)[C@@H]1O.[HH].[HH].[HH].[HH].[HH].[HH].[HH].[HH].[HH]. The minimum atomic E-state index is -5.56. The van der Waals surface area contributed by atoms with Gasteiger partial charge in [0.25, 0.3) is 0 Å². The summed E-state index contributed by atoms with van der Waals surface area (Å²) in [5.74, 6) is 22.1. The molecule has 0 aliphatic heterocycles. The fourth-order valence-electron chi connectivity index (χ4n) is 5.66. The normalized spacial score (nSPS) is 20.4. The number of thioether (sulfide) groups is 1. The van der Waals surface area contributed by atoms with Crippen LogP contribution in [-0.4, -0.2) is 119 Å². The van der Waals surface area contributed by atoms with Crippen molar-refractivity contribution in [1.82, 2.24) is 0 Å². The second-order valence-corrected chi connectivity index (χ2v) is 18.8. The van der Waals surface area contributed by atoms with Crippen molar-refractivity contribution < 1.29 is 109 Å². The van der Waals surface area contributed by atoms with Crippen molar-refractivity contribution in [2.45, 2.75) is 166 Å². The molecule has 1 rings (SSSR count). The smallest absolute Gasteiger partial charge is 0.457 e. The number of phosphoric acid groups is 3. The summed E-state index contributed by atoms with van der Waals surface area (Å²) in [6.07, 6.45) is -0.308. The molecule has 1 fully saturated rings. The summed E-state index contributed by atoms with van der Waals surface area (Å²) in [6.45, 7) is 3.71. The van der Waals surface area contributed by atoms with E-state index in [1.807, 2.05) is 6.92 Å². The summed E-state index contributed by atoms with van der Waals surface area (Å²) < 4.78 is 63.4. The van der Waals surface area contributed by atoms with Gasteiger partial charge >= 0.3 is 29.4 Å². The summed E-state index contributed by atoms with van der Waals surface area (Å²) >= 11 is 0.979. The van der Waals surface area contributed by atoms with E-state index in [4.69, 9.17) is 43.2 Å². The average molecular weight is 1020 g/mol. The lowest BCUT2D eigenvalue weighted by atomic mass is 9.85. The maximum atomic E-state index is 12.7. The van der Waals surface area contributed by atoms with Gasteiger partial charge in [0, 0.05) is 37.4 Å². The van der Waals surface area contributed by atoms with Crippen LogP contribution in [0.2, 0.25) is 0 Å². The zero-order chi connectivity index (χ0) is 49.2. The Morgan fingerprint density at radius 2 is 1.06 bits per heavy atom. The molecule has 24 heteroatoms. The van der Waals surface area contributed by atoms with E-state index in [1.54, 1.807) is 6.92 Å². The molecule has 4 unspecified atom stereocenters. The second kappa shape index (κ2) is 36.5. The van der Waals surface area contributed by atoms with E-state index in [1.165, 1.54) is 51.4 Å². The lowest BCUT2D eigenvalue weighted by Gasteiger charge is -2.44. The van der Waals surface area contributed by atoms with E-state index >= 15 is 0 Å². The van der Waals surface area contributed by atoms with E-state index in [-0.39, 0.29) is 24.4 Å². The van der Waals surface area contributed by atoms with Crippen LogP contribution < -0.4 is 0 Å². The van der Waals surface area contributed by atoms with Crippen molar-refractivity contribution in [2.75, 3.05) is 20.0 Å². The molecule has 0 radical (unpaired) electrons. The highest BCUT2D eigenvalue weighted by Gasteiger charge is 2.56. The Labute approximate surface area is 399 Å². The van der Waals surface area contributed by atoms with Crippen LogP contribution in [0, 0.1) is 58.5 Å². The highest BCUT2D eigenvalue weighted by atomic mass is 32.2. The predicted octanol–water partition coefficient (Wildman–Crippen LogP) is 6.15. The molecule has 0 saturated heterocycles. The molecular formula is C41H81O20P3S. The summed E-state index contributed by atoms with van der Waals surface area (Å²) in [7, 11) is -16.4. The molecule has 0 aromatic rings. The first-order valence-corrected chi connectivity index (χ1v) is 26.3. The molecule has 65 heavy (non-hydrogen) atoms. The van der Waals surface area contributed by atoms with Crippen molar-refractivity contribution in [3.63, 3.8) is 0 Å². The van der Waals surface area contributed by atoms with E-state index < -0.39 is 92.2 Å². The third-order valence-electron chi connectivity index (χ3n) is 8.63. The van der Waals surface area contributed by atoms with Crippen molar-refractivity contribution >= 4 is 46.3 Å². The molecule has 0 spiro atoms. The van der Waals surface area contributed by atoms with Gasteiger partial charge in [0.05, 0.1) is 13.2 Å². The van der Waals surface area contributed by atoms with Gasteiger partial charge in [-0.1, -0.05) is 96.8 Å². The molecule has 0 amide bonds. The summed E-state index contributed by atoms with van der Waals surface area (Å²) in [4.78, 5) is 70.1. The van der Waals surface area contributed by atoms with Crippen molar-refractivity contribution in [3.8, 4) is 58.5 Å². The number of unbranched alkanes of at least 4 members (excludes halogenated alkanes) is 12. The molecule has 0 aromatic carbocycles. The number of aliphatic hydroxyl groups is 4. The maximum Gasteiger partial charge on any atom is 0.472 e. The van der Waals surface area contributed by atoms with Crippen LogP contribution >= 0.6 is 35.2 Å². The average Bonchev–Trinajstić information content (AvgIpc) is 3.23. The van der Waals surface area contributed by atoms with E-state index in [9.17, 15) is 43.5 Å². The van der Waals surface area contributed by atoms with Crippen LogP contribution in [0.25, 0.3) is 0 Å². The van der Waals surface area contributed by atoms with Crippen LogP contribution in [0.4, 0.5) is 0 Å². The van der Waals surface area contributed by atoms with Crippen LogP contribution in [0.3, 0.4) is 0 Å². The Hall–Kier alpha value is -2.58. The largest absolute Gasteiger partial charge is 0.472 e. The monoisotopic (exact) mass is 1020 g/mol. The van der Waals surface area contributed by atoms with Crippen LogP contribution in [0.5, 0.6) is 0 Å². The topological polar surface area (TPSA) is 323 Å². The molecule has 8 atom stereocenters. The minimum Gasteiger partial charge on any atom is -0.457 e. The van der Waals surface area contributed by atoms with Gasteiger partial charge in [-0.25, -0.2) is 13.7 Å². The van der Waals surface area contributed by atoms with E-state index in [0.717, 1.165) is 43.9 Å². The van der Waals surface area contributed by atoms with Gasteiger partial charge in [-0.3, -0.25) is 27.7 Å². The van der Waals surface area contributed by atoms with Gasteiger partial charge in [0.15, 0.2) is 0 Å². The number of hydrogen-bond donors (Lipinski definition) is 9. The first kappa shape index (κ1) is 62.4. The molecule has 1 aliphatic carbocycles. The predicted molar refractivity (Wildman–Crippen MR) is 257 cm³/mol. The molecule has 0 aromatic heterocycles. The first-order chi connectivity index (χ1) is 30.7. The maximum absolute atomic E-state index is 12.7. The Bertz CT molecular complexity index is 1900. The Kier molecular flexibility index (Phi) is 35.0. The zero-order valence-electron chi connectivity index (χ0n) is 36.7. The number of carbonyl (C=O) groups excluding carboxylic acids is 2. The summed E-state index contributed by atoms with van der Waals surface area (Å²) in [5.41, 5.74) is 0. The van der Waals surface area contributed by atoms with Crippen molar-refractivity contribution in [1.29, 1.82) is 0 Å². The number of aliphatic hydroxyl groups excluding tert-OH is 4. The van der Waals surface area contributed by atoms with Gasteiger partial charge in [-0.15, -0.1) is 0 Å². The lowest BCUT2D eigenvalue weighted by Crippen LogP contribution is -2.65. The second-order valence-electron chi connectivity index (χ2n) is 14.1. The van der Waals surface area contributed by atoms with Crippen LogP contribution in [-0.2, 0) is 50.9 Å². The molecule has 9 N–H and O–H groups in total. The summed E-state index contributed by atoms with van der Waals surface area (Å²) in [5, 5.41) is 42.8. The molecule has 0 heterocycles. The molecule has 386 valence electrons. The van der Waals surface area contributed by atoms with Crippen molar-refractivity contribution in [3.05, 3.63) is 0 Å². The minimum absolute atomic E-state index is 0. The third-order valence-corrected chi connectivity index (χ3v) is 11.3. The van der Waals surface area contributed by atoms with Crippen LogP contribution in [0.15, 0.2) is 0 Å². The van der Waals surface area contributed by atoms with E-state index in [0.29, 0.717) is 12.8 Å². The molecular weight excluding hydrogens is 937 g/mol. The van der Waals surface area contributed by atoms with Gasteiger partial charge in [0.1, 0.15) is 49.5 Å². The Morgan fingerprint density at radius 1 is 0.600 bits per heavy atom.